The zero-order chi connectivity index (χ0) is 11.6. The second-order valence-corrected chi connectivity index (χ2v) is 5.20. The zero-order valence-corrected chi connectivity index (χ0v) is 10.4. The van der Waals surface area contributed by atoms with Gasteiger partial charge in [-0.25, -0.2) is 8.78 Å². The van der Waals surface area contributed by atoms with Crippen LogP contribution < -0.4 is 5.73 Å². The van der Waals surface area contributed by atoms with Gasteiger partial charge in [0.1, 0.15) is 0 Å². The quantitative estimate of drug-likeness (QED) is 0.842. The van der Waals surface area contributed by atoms with Crippen LogP contribution >= 0.6 is 15.9 Å². The molecule has 0 aliphatic carbocycles. The monoisotopic (exact) mass is 277 g/mol. The second-order valence-electron chi connectivity index (χ2n) is 4.35. The van der Waals surface area contributed by atoms with E-state index < -0.39 is 11.6 Å². The van der Waals surface area contributed by atoms with Gasteiger partial charge in [-0.15, -0.1) is 0 Å². The van der Waals surface area contributed by atoms with E-state index in [4.69, 9.17) is 5.73 Å². The molecule has 0 saturated carbocycles. The minimum absolute atomic E-state index is 0.301. The van der Waals surface area contributed by atoms with Gasteiger partial charge in [-0.3, -0.25) is 0 Å². The summed E-state index contributed by atoms with van der Waals surface area (Å²) < 4.78 is 26.3. The van der Waals surface area contributed by atoms with Crippen molar-refractivity contribution >= 4 is 15.9 Å². The average molecular weight is 278 g/mol. The fourth-order valence-corrected chi connectivity index (χ4v) is 1.73. The Hall–Kier alpha value is -0.480. The highest BCUT2D eigenvalue weighted by Gasteiger charge is 2.13. The summed E-state index contributed by atoms with van der Waals surface area (Å²) in [5.74, 6) is -1.65. The average Bonchev–Trinajstić information content (AvgIpc) is 2.07. The van der Waals surface area contributed by atoms with Crippen LogP contribution in [-0.2, 0) is 6.42 Å². The minimum atomic E-state index is -0.836. The van der Waals surface area contributed by atoms with E-state index in [0.717, 1.165) is 18.1 Å². The standard InChI is InChI=1S/C11H14BrF2N/c1-11(2,15)4-3-7-5-9(13)10(14)6-8(7)12/h5-6H,3-4,15H2,1-2H3. The van der Waals surface area contributed by atoms with E-state index in [1.807, 2.05) is 13.8 Å². The first-order chi connectivity index (χ1) is 6.79. The Labute approximate surface area is 96.8 Å². The van der Waals surface area contributed by atoms with Crippen molar-refractivity contribution in [2.24, 2.45) is 5.73 Å². The maximum Gasteiger partial charge on any atom is 0.159 e. The molecule has 1 aromatic rings. The Kier molecular flexibility index (Phi) is 3.84. The lowest BCUT2D eigenvalue weighted by Gasteiger charge is -2.18. The van der Waals surface area contributed by atoms with Crippen molar-refractivity contribution < 1.29 is 8.78 Å². The lowest BCUT2D eigenvalue weighted by Crippen LogP contribution is -2.32. The first-order valence-corrected chi connectivity index (χ1v) is 5.51. The van der Waals surface area contributed by atoms with Crippen LogP contribution in [-0.4, -0.2) is 5.54 Å². The molecule has 0 radical (unpaired) electrons. The topological polar surface area (TPSA) is 26.0 Å². The Morgan fingerprint density at radius 2 is 1.80 bits per heavy atom. The van der Waals surface area contributed by atoms with Crippen molar-refractivity contribution in [3.63, 3.8) is 0 Å². The molecule has 0 aromatic heterocycles. The van der Waals surface area contributed by atoms with E-state index in [9.17, 15) is 8.78 Å². The lowest BCUT2D eigenvalue weighted by atomic mass is 9.96. The smallest absolute Gasteiger partial charge is 0.159 e. The van der Waals surface area contributed by atoms with Crippen molar-refractivity contribution in [1.82, 2.24) is 0 Å². The summed E-state index contributed by atoms with van der Waals surface area (Å²) in [5.41, 5.74) is 6.26. The summed E-state index contributed by atoms with van der Waals surface area (Å²) >= 11 is 3.20. The molecule has 0 bridgehead atoms. The van der Waals surface area contributed by atoms with Crippen molar-refractivity contribution in [3.05, 3.63) is 33.8 Å². The molecule has 0 heterocycles. The van der Waals surface area contributed by atoms with Crippen LogP contribution in [0.1, 0.15) is 25.8 Å². The fraction of sp³-hybridized carbons (Fsp3) is 0.455. The van der Waals surface area contributed by atoms with Gasteiger partial charge in [-0.1, -0.05) is 15.9 Å². The number of benzene rings is 1. The van der Waals surface area contributed by atoms with Gasteiger partial charge in [-0.2, -0.15) is 0 Å². The van der Waals surface area contributed by atoms with Crippen LogP contribution in [0.15, 0.2) is 16.6 Å². The van der Waals surface area contributed by atoms with Crippen LogP contribution in [0.2, 0.25) is 0 Å². The van der Waals surface area contributed by atoms with E-state index in [1.165, 1.54) is 6.07 Å². The highest BCUT2D eigenvalue weighted by molar-refractivity contribution is 9.10. The predicted molar refractivity (Wildman–Crippen MR) is 60.6 cm³/mol. The summed E-state index contributed by atoms with van der Waals surface area (Å²) in [6.45, 7) is 3.81. The molecule has 0 unspecified atom stereocenters. The number of halogens is 3. The third kappa shape index (κ3) is 3.87. The molecule has 1 rings (SSSR count). The first kappa shape index (κ1) is 12.6. The van der Waals surface area contributed by atoms with Crippen molar-refractivity contribution in [2.45, 2.75) is 32.2 Å². The molecule has 0 aliphatic rings. The van der Waals surface area contributed by atoms with Gasteiger partial charge < -0.3 is 5.73 Å². The summed E-state index contributed by atoms with van der Waals surface area (Å²) in [6, 6.07) is 2.36. The molecule has 84 valence electrons. The summed E-state index contributed by atoms with van der Waals surface area (Å²) in [7, 11) is 0. The maximum absolute atomic E-state index is 13.0. The van der Waals surface area contributed by atoms with Crippen molar-refractivity contribution in [3.8, 4) is 0 Å². The van der Waals surface area contributed by atoms with Gasteiger partial charge in [0.2, 0.25) is 0 Å². The van der Waals surface area contributed by atoms with Crippen molar-refractivity contribution in [1.29, 1.82) is 0 Å². The molecule has 15 heavy (non-hydrogen) atoms. The highest BCUT2D eigenvalue weighted by Crippen LogP contribution is 2.23. The molecule has 1 nitrogen and oxygen atoms in total. The third-order valence-electron chi connectivity index (χ3n) is 2.13. The van der Waals surface area contributed by atoms with Gasteiger partial charge in [0, 0.05) is 10.0 Å². The van der Waals surface area contributed by atoms with Crippen LogP contribution in [0.3, 0.4) is 0 Å². The van der Waals surface area contributed by atoms with Gasteiger partial charge in [0.05, 0.1) is 0 Å². The number of hydrogen-bond donors (Lipinski definition) is 1. The molecule has 0 saturated heterocycles. The van der Waals surface area contributed by atoms with E-state index >= 15 is 0 Å². The van der Waals surface area contributed by atoms with E-state index in [-0.39, 0.29) is 5.54 Å². The summed E-state index contributed by atoms with van der Waals surface area (Å²) in [5, 5.41) is 0. The van der Waals surface area contributed by atoms with Gasteiger partial charge in [0.15, 0.2) is 11.6 Å². The van der Waals surface area contributed by atoms with Gasteiger partial charge in [-0.05, 0) is 44.4 Å². The number of hydrogen-bond acceptors (Lipinski definition) is 1. The van der Waals surface area contributed by atoms with Crippen molar-refractivity contribution in [2.75, 3.05) is 0 Å². The molecule has 0 aliphatic heterocycles. The molecule has 1 aromatic carbocycles. The van der Waals surface area contributed by atoms with Crippen LogP contribution in [0.4, 0.5) is 8.78 Å². The lowest BCUT2D eigenvalue weighted by molar-refractivity contribution is 0.472. The Bertz CT molecular complexity index is 358. The van der Waals surface area contributed by atoms with Crippen LogP contribution in [0, 0.1) is 11.6 Å². The first-order valence-electron chi connectivity index (χ1n) is 4.72. The summed E-state index contributed by atoms with van der Waals surface area (Å²) in [6.07, 6.45) is 1.35. The Balaban J connectivity index is 2.82. The normalized spacial score (nSPS) is 11.9. The molecule has 0 spiro atoms. The van der Waals surface area contributed by atoms with Crippen LogP contribution in [0.5, 0.6) is 0 Å². The molecule has 0 atom stereocenters. The highest BCUT2D eigenvalue weighted by atomic mass is 79.9. The maximum atomic E-state index is 13.0. The molecule has 0 fully saturated rings. The van der Waals surface area contributed by atoms with Crippen LogP contribution in [0.25, 0.3) is 0 Å². The molecule has 4 heteroatoms. The molecular formula is C11H14BrF2N. The predicted octanol–water partition coefficient (Wildman–Crippen LogP) is 3.40. The third-order valence-corrected chi connectivity index (χ3v) is 2.87. The molecule has 2 N–H and O–H groups in total. The Morgan fingerprint density at radius 3 is 2.33 bits per heavy atom. The van der Waals surface area contributed by atoms with E-state index in [1.54, 1.807) is 0 Å². The molecule has 0 amide bonds. The largest absolute Gasteiger partial charge is 0.326 e. The van der Waals surface area contributed by atoms with Gasteiger partial charge >= 0.3 is 0 Å². The SMILES string of the molecule is CC(C)(N)CCc1cc(F)c(F)cc1Br. The van der Waals surface area contributed by atoms with E-state index in [0.29, 0.717) is 10.9 Å². The van der Waals surface area contributed by atoms with E-state index in [2.05, 4.69) is 15.9 Å². The zero-order valence-electron chi connectivity index (χ0n) is 8.78. The summed E-state index contributed by atoms with van der Waals surface area (Å²) in [4.78, 5) is 0. The minimum Gasteiger partial charge on any atom is -0.326 e. The molecular weight excluding hydrogens is 264 g/mol. The Morgan fingerprint density at radius 1 is 1.27 bits per heavy atom. The second kappa shape index (κ2) is 4.58. The number of aryl methyl sites for hydroxylation is 1. The van der Waals surface area contributed by atoms with Gasteiger partial charge in [0.25, 0.3) is 0 Å². The fourth-order valence-electron chi connectivity index (χ4n) is 1.21. The number of rotatable bonds is 3. The number of nitrogens with two attached hydrogens (primary N) is 1.